The summed E-state index contributed by atoms with van der Waals surface area (Å²) in [6.07, 6.45) is 0. The number of carbonyl (C=O) groups excluding carboxylic acids is 1. The number of para-hydroxylation sites is 1. The molecule has 10 heteroatoms. The normalized spacial score (nSPS) is 13.4. The average Bonchev–Trinajstić information content (AvgIpc) is 3.02. The van der Waals surface area contributed by atoms with Crippen LogP contribution in [0.1, 0.15) is 21.5 Å². The van der Waals surface area contributed by atoms with Crippen LogP contribution in [0.15, 0.2) is 90.1 Å². The zero-order valence-corrected chi connectivity index (χ0v) is 26.1. The summed E-state index contributed by atoms with van der Waals surface area (Å²) in [6.45, 7) is 4.70. The van der Waals surface area contributed by atoms with E-state index < -0.39 is 0 Å². The number of benzene rings is 3. The highest BCUT2D eigenvalue weighted by atomic mass is 35.5. The third-order valence-corrected chi connectivity index (χ3v) is 8.46. The number of thioether (sulfide) groups is 1. The van der Waals surface area contributed by atoms with Crippen LogP contribution in [-0.2, 0) is 12.3 Å². The van der Waals surface area contributed by atoms with Crippen LogP contribution in [-0.4, -0.2) is 79.0 Å². The molecule has 0 N–H and O–H groups in total. The van der Waals surface area contributed by atoms with Crippen molar-refractivity contribution in [2.75, 3.05) is 63.2 Å². The second-order valence-corrected chi connectivity index (χ2v) is 12.1. The quantitative estimate of drug-likeness (QED) is 0.115. The number of hydrogen-bond acceptors (Lipinski definition) is 7. The van der Waals surface area contributed by atoms with Crippen LogP contribution >= 0.6 is 23.4 Å². The van der Waals surface area contributed by atoms with Gasteiger partial charge in [-0.2, -0.15) is 0 Å². The van der Waals surface area contributed by atoms with E-state index in [1.807, 2.05) is 64.4 Å². The maximum atomic E-state index is 14.2. The van der Waals surface area contributed by atoms with Gasteiger partial charge in [-0.15, -0.1) is 0 Å². The van der Waals surface area contributed by atoms with Gasteiger partial charge in [0.25, 0.3) is 5.91 Å². The first-order valence-electron chi connectivity index (χ1n) is 14.3. The van der Waals surface area contributed by atoms with Gasteiger partial charge in [0, 0.05) is 63.2 Å². The van der Waals surface area contributed by atoms with Crippen LogP contribution in [0.3, 0.4) is 0 Å². The molecule has 0 unspecified atom stereocenters. The molecule has 43 heavy (non-hydrogen) atoms. The second kappa shape index (κ2) is 14.7. The molecule has 1 saturated heterocycles. The summed E-state index contributed by atoms with van der Waals surface area (Å²) >= 11 is 7.97. The molecule has 2 heterocycles. The Balaban J connectivity index is 1.19. The van der Waals surface area contributed by atoms with Crippen LogP contribution in [0.5, 0.6) is 0 Å². The van der Waals surface area contributed by atoms with Gasteiger partial charge in [0.1, 0.15) is 16.8 Å². The number of aromatic nitrogens is 2. The van der Waals surface area contributed by atoms with E-state index in [2.05, 4.69) is 41.0 Å². The van der Waals surface area contributed by atoms with Crippen molar-refractivity contribution in [2.24, 2.45) is 0 Å². The lowest BCUT2D eigenvalue weighted by Gasteiger charge is -2.36. The molecule has 0 saturated carbocycles. The number of piperazine rings is 1. The minimum absolute atomic E-state index is 0.00793. The number of amides is 1. The van der Waals surface area contributed by atoms with Gasteiger partial charge in [-0.3, -0.25) is 4.79 Å². The number of halogens is 2. The van der Waals surface area contributed by atoms with E-state index in [-0.39, 0.29) is 11.7 Å². The molecule has 1 aliphatic heterocycles. The molecule has 5 rings (SSSR count). The van der Waals surface area contributed by atoms with E-state index in [1.165, 1.54) is 23.4 Å². The highest BCUT2D eigenvalue weighted by molar-refractivity contribution is 7.98. The highest BCUT2D eigenvalue weighted by Gasteiger charge is 2.23. The largest absolute Gasteiger partial charge is 0.366 e. The highest BCUT2D eigenvalue weighted by Crippen LogP contribution is 2.26. The topological polar surface area (TPSA) is 55.8 Å². The number of anilines is 2. The predicted octanol–water partition coefficient (Wildman–Crippen LogP) is 6.09. The summed E-state index contributed by atoms with van der Waals surface area (Å²) in [5, 5.41) is 1.02. The fourth-order valence-corrected chi connectivity index (χ4v) is 5.98. The molecule has 3 aromatic carbocycles. The van der Waals surface area contributed by atoms with Gasteiger partial charge in [0.05, 0.1) is 5.69 Å². The monoisotopic (exact) mass is 618 g/mol. The van der Waals surface area contributed by atoms with Crippen molar-refractivity contribution in [2.45, 2.75) is 17.5 Å². The SMILES string of the molecule is CN(C)CCN(Cc1ccccc1)c1cc(Cl)nc(SCc2ccc(C(=O)N3CCN(c4ccccc4F)CC3)cc2)n1. The van der Waals surface area contributed by atoms with Crippen LogP contribution in [0.2, 0.25) is 5.15 Å². The van der Waals surface area contributed by atoms with E-state index in [0.717, 1.165) is 31.0 Å². The summed E-state index contributed by atoms with van der Waals surface area (Å²) in [5.74, 6) is 1.20. The molecule has 0 atom stereocenters. The zero-order chi connectivity index (χ0) is 30.2. The molecule has 1 aromatic heterocycles. The van der Waals surface area contributed by atoms with Crippen LogP contribution in [0.25, 0.3) is 0 Å². The first-order valence-corrected chi connectivity index (χ1v) is 15.7. The third kappa shape index (κ3) is 8.46. The van der Waals surface area contributed by atoms with Gasteiger partial charge >= 0.3 is 0 Å². The molecule has 0 spiro atoms. The van der Waals surface area contributed by atoms with E-state index in [9.17, 15) is 9.18 Å². The molecule has 0 radical (unpaired) electrons. The Morgan fingerprint density at radius 2 is 1.58 bits per heavy atom. The Bertz CT molecular complexity index is 1500. The molecule has 4 aromatic rings. The van der Waals surface area contributed by atoms with Gasteiger partial charge < -0.3 is 19.6 Å². The van der Waals surface area contributed by atoms with E-state index in [1.54, 1.807) is 12.1 Å². The molecular weight excluding hydrogens is 583 g/mol. The fraction of sp³-hybridized carbons (Fsp3) is 0.303. The van der Waals surface area contributed by atoms with Crippen molar-refractivity contribution >= 4 is 40.8 Å². The third-order valence-electron chi connectivity index (χ3n) is 7.35. The number of nitrogens with zero attached hydrogens (tertiary/aromatic N) is 6. The molecule has 224 valence electrons. The fourth-order valence-electron chi connectivity index (χ4n) is 4.94. The molecule has 0 aliphatic carbocycles. The van der Waals surface area contributed by atoms with Crippen LogP contribution in [0.4, 0.5) is 15.9 Å². The smallest absolute Gasteiger partial charge is 0.253 e. The van der Waals surface area contributed by atoms with Crippen molar-refractivity contribution in [1.29, 1.82) is 0 Å². The lowest BCUT2D eigenvalue weighted by molar-refractivity contribution is 0.0746. The lowest BCUT2D eigenvalue weighted by Crippen LogP contribution is -2.49. The molecule has 0 bridgehead atoms. The van der Waals surface area contributed by atoms with Crippen LogP contribution in [0, 0.1) is 5.82 Å². The number of carbonyl (C=O) groups is 1. The van der Waals surface area contributed by atoms with Crippen molar-refractivity contribution in [3.63, 3.8) is 0 Å². The minimum atomic E-state index is -0.232. The Kier molecular flexibility index (Phi) is 10.5. The van der Waals surface area contributed by atoms with Crippen molar-refractivity contribution in [3.8, 4) is 0 Å². The number of likely N-dealkylation sites (N-methyl/N-ethyl adjacent to an activating group) is 1. The Morgan fingerprint density at radius 1 is 0.884 bits per heavy atom. The Morgan fingerprint density at radius 3 is 2.28 bits per heavy atom. The molecule has 7 nitrogen and oxygen atoms in total. The van der Waals surface area contributed by atoms with E-state index >= 15 is 0 Å². The Labute approximate surface area is 262 Å². The summed E-state index contributed by atoms with van der Waals surface area (Å²) in [5.41, 5.74) is 3.49. The predicted molar refractivity (Wildman–Crippen MR) is 174 cm³/mol. The molecule has 1 fully saturated rings. The minimum Gasteiger partial charge on any atom is -0.366 e. The van der Waals surface area contributed by atoms with Crippen molar-refractivity contribution < 1.29 is 9.18 Å². The standard InChI is InChI=1S/C33H36ClFN6OS/c1-38(2)16-17-41(23-25-8-4-3-5-9-25)31-22-30(34)36-33(37-31)43-24-26-12-14-27(15-13-26)32(42)40-20-18-39(19-21-40)29-11-7-6-10-28(29)35/h3-15,22H,16-21,23-24H2,1-2H3. The summed E-state index contributed by atoms with van der Waals surface area (Å²) in [7, 11) is 4.12. The zero-order valence-electron chi connectivity index (χ0n) is 24.5. The van der Waals surface area contributed by atoms with Gasteiger partial charge in [0.2, 0.25) is 0 Å². The maximum Gasteiger partial charge on any atom is 0.253 e. The van der Waals surface area contributed by atoms with Crippen molar-refractivity contribution in [3.05, 3.63) is 113 Å². The van der Waals surface area contributed by atoms with Gasteiger partial charge in [-0.25, -0.2) is 14.4 Å². The summed E-state index contributed by atoms with van der Waals surface area (Å²) < 4.78 is 14.2. The molecule has 1 amide bonds. The molecule has 1 aliphatic rings. The first kappa shape index (κ1) is 30.8. The first-order chi connectivity index (χ1) is 20.9. The average molecular weight is 619 g/mol. The maximum absolute atomic E-state index is 14.2. The van der Waals surface area contributed by atoms with E-state index in [4.69, 9.17) is 16.6 Å². The van der Waals surface area contributed by atoms with Gasteiger partial charge in [-0.05, 0) is 49.5 Å². The number of hydrogen-bond donors (Lipinski definition) is 0. The van der Waals surface area contributed by atoms with E-state index in [0.29, 0.717) is 53.5 Å². The second-order valence-electron chi connectivity index (χ2n) is 10.8. The van der Waals surface area contributed by atoms with Gasteiger partial charge in [-0.1, -0.05) is 78.0 Å². The number of rotatable bonds is 11. The van der Waals surface area contributed by atoms with Gasteiger partial charge in [0.15, 0.2) is 5.16 Å². The van der Waals surface area contributed by atoms with Crippen molar-refractivity contribution in [1.82, 2.24) is 19.8 Å². The van der Waals surface area contributed by atoms with Crippen LogP contribution < -0.4 is 9.80 Å². The molecular formula is C33H36ClFN6OS. The Hall–Kier alpha value is -3.66. The summed E-state index contributed by atoms with van der Waals surface area (Å²) in [6, 6.07) is 26.6. The summed E-state index contributed by atoms with van der Waals surface area (Å²) in [4.78, 5) is 30.7. The lowest BCUT2D eigenvalue weighted by atomic mass is 10.1.